The zero-order valence-electron chi connectivity index (χ0n) is 15.9. The highest BCUT2D eigenvalue weighted by Crippen LogP contribution is 2.26. The summed E-state index contributed by atoms with van der Waals surface area (Å²) in [6.07, 6.45) is 1.28. The van der Waals surface area contributed by atoms with Gasteiger partial charge in [0, 0.05) is 12.6 Å². The Morgan fingerprint density at radius 1 is 1.19 bits per heavy atom. The van der Waals surface area contributed by atoms with Gasteiger partial charge in [0.2, 0.25) is 15.9 Å². The summed E-state index contributed by atoms with van der Waals surface area (Å²) in [5, 5.41) is 7.98. The highest BCUT2D eigenvalue weighted by atomic mass is 32.2. The van der Waals surface area contributed by atoms with Crippen LogP contribution in [0.15, 0.2) is 35.2 Å². The molecule has 1 unspecified atom stereocenters. The Hall–Kier alpha value is -2.19. The molecule has 0 bridgehead atoms. The Morgan fingerprint density at radius 3 is 2.67 bits per heavy atom. The van der Waals surface area contributed by atoms with Gasteiger partial charge in [-0.2, -0.15) is 9.40 Å². The molecule has 0 aliphatic carbocycles. The molecule has 7 nitrogen and oxygen atoms in total. The number of benzene rings is 1. The molecule has 1 aliphatic heterocycles. The molecular weight excluding hydrogens is 366 g/mol. The van der Waals surface area contributed by atoms with Crippen LogP contribution in [0.5, 0.6) is 11.6 Å². The van der Waals surface area contributed by atoms with Crippen molar-refractivity contribution in [2.45, 2.75) is 44.6 Å². The van der Waals surface area contributed by atoms with Crippen LogP contribution in [-0.2, 0) is 10.0 Å². The van der Waals surface area contributed by atoms with Gasteiger partial charge in [-0.05, 0) is 63.4 Å². The van der Waals surface area contributed by atoms with Gasteiger partial charge in [-0.3, -0.25) is 0 Å². The number of rotatable bonds is 6. The van der Waals surface area contributed by atoms with Crippen LogP contribution in [0.1, 0.15) is 31.0 Å². The fourth-order valence-electron chi connectivity index (χ4n) is 3.09. The summed E-state index contributed by atoms with van der Waals surface area (Å²) >= 11 is 0. The normalized spacial score (nSPS) is 18.3. The second-order valence-corrected chi connectivity index (χ2v) is 8.56. The predicted octanol–water partition coefficient (Wildman–Crippen LogP) is 2.72. The van der Waals surface area contributed by atoms with Crippen molar-refractivity contribution in [3.63, 3.8) is 0 Å². The van der Waals surface area contributed by atoms with E-state index in [1.807, 2.05) is 26.8 Å². The molecule has 0 saturated carbocycles. The SMILES string of the molecule is CCOc1ccc(S(=O)(=O)N2CCCC(Oc3ccc(C)nn3)C2)cc1C. The molecule has 1 atom stereocenters. The number of nitrogens with zero attached hydrogens (tertiary/aromatic N) is 3. The van der Waals surface area contributed by atoms with Gasteiger partial charge in [0.1, 0.15) is 11.9 Å². The molecule has 0 N–H and O–H groups in total. The summed E-state index contributed by atoms with van der Waals surface area (Å²) in [6.45, 7) is 6.92. The summed E-state index contributed by atoms with van der Waals surface area (Å²) in [7, 11) is -3.59. The van der Waals surface area contributed by atoms with Crippen molar-refractivity contribution in [1.82, 2.24) is 14.5 Å². The number of hydrogen-bond acceptors (Lipinski definition) is 6. The van der Waals surface area contributed by atoms with E-state index in [-0.39, 0.29) is 11.0 Å². The van der Waals surface area contributed by atoms with Crippen molar-refractivity contribution < 1.29 is 17.9 Å². The maximum atomic E-state index is 13.1. The second kappa shape index (κ2) is 8.22. The molecular formula is C19H25N3O4S. The molecule has 3 rings (SSSR count). The topological polar surface area (TPSA) is 81.6 Å². The molecule has 1 aromatic carbocycles. The van der Waals surface area contributed by atoms with Crippen LogP contribution in [0.25, 0.3) is 0 Å². The molecule has 1 fully saturated rings. The zero-order valence-corrected chi connectivity index (χ0v) is 16.7. The van der Waals surface area contributed by atoms with Crippen LogP contribution < -0.4 is 9.47 Å². The number of aromatic nitrogens is 2. The molecule has 146 valence electrons. The fourth-order valence-corrected chi connectivity index (χ4v) is 4.68. The molecule has 27 heavy (non-hydrogen) atoms. The first-order valence-corrected chi connectivity index (χ1v) is 10.5. The standard InChI is InChI=1S/C19H25N3O4S/c1-4-25-18-9-8-17(12-14(18)2)27(23,24)22-11-5-6-16(13-22)26-19-10-7-15(3)20-21-19/h7-10,12,16H,4-6,11,13H2,1-3H3. The third kappa shape index (κ3) is 4.56. The minimum atomic E-state index is -3.59. The van der Waals surface area contributed by atoms with Crippen LogP contribution in [0.4, 0.5) is 0 Å². The minimum absolute atomic E-state index is 0.241. The largest absolute Gasteiger partial charge is 0.494 e. The number of piperidine rings is 1. The van der Waals surface area contributed by atoms with E-state index in [4.69, 9.17) is 9.47 Å². The van der Waals surface area contributed by atoms with Gasteiger partial charge >= 0.3 is 0 Å². The van der Waals surface area contributed by atoms with Crippen LogP contribution in [0, 0.1) is 13.8 Å². The maximum absolute atomic E-state index is 13.1. The third-order valence-corrected chi connectivity index (χ3v) is 6.35. The van der Waals surface area contributed by atoms with E-state index in [1.165, 1.54) is 4.31 Å². The van der Waals surface area contributed by atoms with Gasteiger partial charge in [0.25, 0.3) is 0 Å². The molecule has 1 saturated heterocycles. The summed E-state index contributed by atoms with van der Waals surface area (Å²) in [5.41, 5.74) is 1.61. The maximum Gasteiger partial charge on any atom is 0.243 e. The van der Waals surface area contributed by atoms with Gasteiger partial charge in [-0.25, -0.2) is 8.42 Å². The number of ether oxygens (including phenoxy) is 2. The first kappa shape index (κ1) is 19.6. The number of sulfonamides is 1. The fraction of sp³-hybridized carbons (Fsp3) is 0.474. The molecule has 2 aromatic rings. The molecule has 1 aliphatic rings. The van der Waals surface area contributed by atoms with Crippen molar-refractivity contribution in [2.75, 3.05) is 19.7 Å². The lowest BCUT2D eigenvalue weighted by atomic mass is 10.1. The van der Waals surface area contributed by atoms with Gasteiger partial charge in [-0.1, -0.05) is 0 Å². The Balaban J connectivity index is 1.74. The zero-order chi connectivity index (χ0) is 19.4. The van der Waals surface area contributed by atoms with Crippen molar-refractivity contribution in [2.24, 2.45) is 0 Å². The summed E-state index contributed by atoms with van der Waals surface area (Å²) in [4.78, 5) is 0.277. The number of hydrogen-bond donors (Lipinski definition) is 0. The van der Waals surface area contributed by atoms with Crippen LogP contribution in [-0.4, -0.2) is 48.7 Å². The summed E-state index contributed by atoms with van der Waals surface area (Å²) in [6, 6.07) is 8.55. The summed E-state index contributed by atoms with van der Waals surface area (Å²) in [5.74, 6) is 1.12. The van der Waals surface area contributed by atoms with Crippen molar-refractivity contribution >= 4 is 10.0 Å². The average molecular weight is 391 g/mol. The molecule has 0 radical (unpaired) electrons. The monoisotopic (exact) mass is 391 g/mol. The Labute approximate surface area is 160 Å². The lowest BCUT2D eigenvalue weighted by molar-refractivity contribution is 0.123. The first-order valence-electron chi connectivity index (χ1n) is 9.10. The van der Waals surface area contributed by atoms with Crippen LogP contribution in [0.2, 0.25) is 0 Å². The number of aryl methyl sites for hydroxylation is 2. The highest BCUT2D eigenvalue weighted by Gasteiger charge is 2.31. The highest BCUT2D eigenvalue weighted by molar-refractivity contribution is 7.89. The molecule has 0 spiro atoms. The van der Waals surface area contributed by atoms with Gasteiger partial charge in [0.15, 0.2) is 0 Å². The summed E-state index contributed by atoms with van der Waals surface area (Å²) < 4.78 is 38.9. The van der Waals surface area contributed by atoms with Gasteiger partial charge in [0.05, 0.1) is 23.7 Å². The lowest BCUT2D eigenvalue weighted by Crippen LogP contribution is -2.44. The van der Waals surface area contributed by atoms with Crippen LogP contribution in [0.3, 0.4) is 0 Å². The Bertz CT molecular complexity index is 884. The molecule has 2 heterocycles. The van der Waals surface area contributed by atoms with E-state index < -0.39 is 10.0 Å². The third-order valence-electron chi connectivity index (χ3n) is 4.49. The average Bonchev–Trinajstić information content (AvgIpc) is 2.65. The van der Waals surface area contributed by atoms with Crippen molar-refractivity contribution in [3.8, 4) is 11.6 Å². The Morgan fingerprint density at radius 2 is 2.00 bits per heavy atom. The van der Waals surface area contributed by atoms with Crippen LogP contribution >= 0.6 is 0 Å². The van der Waals surface area contributed by atoms with Crippen molar-refractivity contribution in [1.29, 1.82) is 0 Å². The quantitative estimate of drug-likeness (QED) is 0.753. The Kier molecular flexibility index (Phi) is 5.96. The van der Waals surface area contributed by atoms with Crippen molar-refractivity contribution in [3.05, 3.63) is 41.6 Å². The minimum Gasteiger partial charge on any atom is -0.494 e. The molecule has 0 amide bonds. The lowest BCUT2D eigenvalue weighted by Gasteiger charge is -2.31. The van der Waals surface area contributed by atoms with Gasteiger partial charge in [-0.15, -0.1) is 5.10 Å². The van der Waals surface area contributed by atoms with E-state index in [2.05, 4.69) is 10.2 Å². The smallest absolute Gasteiger partial charge is 0.243 e. The second-order valence-electron chi connectivity index (χ2n) is 6.62. The van der Waals surface area contributed by atoms with E-state index in [0.29, 0.717) is 31.3 Å². The van der Waals surface area contributed by atoms with E-state index in [0.717, 1.165) is 24.1 Å². The van der Waals surface area contributed by atoms with Gasteiger partial charge < -0.3 is 9.47 Å². The van der Waals surface area contributed by atoms with E-state index in [1.54, 1.807) is 24.3 Å². The van der Waals surface area contributed by atoms with E-state index >= 15 is 0 Å². The predicted molar refractivity (Wildman–Crippen MR) is 102 cm³/mol. The molecule has 8 heteroatoms. The molecule has 1 aromatic heterocycles. The van der Waals surface area contributed by atoms with E-state index in [9.17, 15) is 8.42 Å². The first-order chi connectivity index (χ1) is 12.9.